The van der Waals surface area contributed by atoms with Crippen LogP contribution in [0.4, 0.5) is 0 Å². The van der Waals surface area contributed by atoms with Crippen molar-refractivity contribution >= 4 is 11.3 Å². The fraction of sp³-hybridized carbons (Fsp3) is 0.538. The lowest BCUT2D eigenvalue weighted by Gasteiger charge is -2.24. The molecule has 0 amide bonds. The Balaban J connectivity index is 1.94. The predicted octanol–water partition coefficient (Wildman–Crippen LogP) is 3.31. The van der Waals surface area contributed by atoms with E-state index in [1.54, 1.807) is 11.4 Å². The highest BCUT2D eigenvalue weighted by atomic mass is 32.1. The van der Waals surface area contributed by atoms with Crippen molar-refractivity contribution < 1.29 is 14.4 Å². The molecule has 2 heterocycles. The molecule has 1 aliphatic carbocycles. The first kappa shape index (κ1) is 12.6. The number of nitrogens with zero attached hydrogens (tertiary/aromatic N) is 2. The minimum Gasteiger partial charge on any atom is -0.506 e. The molecule has 1 aliphatic rings. The van der Waals surface area contributed by atoms with Crippen LogP contribution in [0.15, 0.2) is 16.0 Å². The third kappa shape index (κ3) is 2.15. The molecule has 0 saturated heterocycles. The van der Waals surface area contributed by atoms with Gasteiger partial charge in [0.15, 0.2) is 0 Å². The first-order valence-electron chi connectivity index (χ1n) is 6.50. The molecule has 0 unspecified atom stereocenters. The Morgan fingerprint density at radius 3 is 2.89 bits per heavy atom. The Hall–Kier alpha value is -1.40. The van der Waals surface area contributed by atoms with E-state index < -0.39 is 5.60 Å². The minimum absolute atomic E-state index is 0.178. The van der Waals surface area contributed by atoms with E-state index in [4.69, 9.17) is 9.26 Å². The van der Waals surface area contributed by atoms with E-state index in [0.717, 1.165) is 25.7 Å². The van der Waals surface area contributed by atoms with E-state index in [9.17, 15) is 5.11 Å². The number of thiophene rings is 1. The molecule has 1 saturated carbocycles. The summed E-state index contributed by atoms with van der Waals surface area (Å²) in [6, 6.07) is 1.62. The summed E-state index contributed by atoms with van der Waals surface area (Å²) in [5.74, 6) is 1.15. The first-order chi connectivity index (χ1) is 9.25. The van der Waals surface area contributed by atoms with Crippen molar-refractivity contribution in [1.82, 2.24) is 10.1 Å². The van der Waals surface area contributed by atoms with E-state index in [2.05, 4.69) is 10.1 Å². The molecule has 0 aromatic carbocycles. The standard InChI is InChI=1S/C13H16N2O3S/c1-2-17-13(6-3-4-7-13)12-14-11(18-15-12)10-9(16)5-8-19-10/h5,8,16H,2-4,6-7H2,1H3. The largest absolute Gasteiger partial charge is 0.506 e. The molecule has 0 bridgehead atoms. The monoisotopic (exact) mass is 280 g/mol. The summed E-state index contributed by atoms with van der Waals surface area (Å²) in [4.78, 5) is 5.05. The van der Waals surface area contributed by atoms with Crippen molar-refractivity contribution in [3.05, 3.63) is 17.3 Å². The number of hydrogen-bond donors (Lipinski definition) is 1. The Morgan fingerprint density at radius 2 is 2.26 bits per heavy atom. The first-order valence-corrected chi connectivity index (χ1v) is 7.38. The second-order valence-corrected chi connectivity index (χ2v) is 5.61. The van der Waals surface area contributed by atoms with Crippen LogP contribution in [0, 0.1) is 0 Å². The lowest BCUT2D eigenvalue weighted by atomic mass is 10.0. The molecule has 5 nitrogen and oxygen atoms in total. The van der Waals surface area contributed by atoms with Crippen LogP contribution in [-0.4, -0.2) is 21.9 Å². The van der Waals surface area contributed by atoms with Gasteiger partial charge >= 0.3 is 0 Å². The summed E-state index contributed by atoms with van der Waals surface area (Å²) in [6.07, 6.45) is 4.09. The van der Waals surface area contributed by atoms with Crippen molar-refractivity contribution in [2.24, 2.45) is 0 Å². The van der Waals surface area contributed by atoms with Crippen LogP contribution in [0.5, 0.6) is 5.75 Å². The van der Waals surface area contributed by atoms with Gasteiger partial charge in [0.05, 0.1) is 0 Å². The van der Waals surface area contributed by atoms with E-state index in [-0.39, 0.29) is 5.75 Å². The average Bonchev–Trinajstić information content (AvgIpc) is 3.08. The summed E-state index contributed by atoms with van der Waals surface area (Å²) in [6.45, 7) is 2.61. The molecule has 0 aliphatic heterocycles. The maximum absolute atomic E-state index is 9.70. The van der Waals surface area contributed by atoms with Gasteiger partial charge in [-0.2, -0.15) is 4.98 Å². The molecule has 102 valence electrons. The van der Waals surface area contributed by atoms with Crippen LogP contribution in [0.3, 0.4) is 0 Å². The maximum Gasteiger partial charge on any atom is 0.271 e. The number of ether oxygens (including phenoxy) is 1. The van der Waals surface area contributed by atoms with E-state index in [1.807, 2.05) is 6.92 Å². The summed E-state index contributed by atoms with van der Waals surface area (Å²) in [5.41, 5.74) is -0.399. The summed E-state index contributed by atoms with van der Waals surface area (Å²) in [7, 11) is 0. The highest BCUT2D eigenvalue weighted by Crippen LogP contribution is 2.42. The fourth-order valence-corrected chi connectivity index (χ4v) is 3.32. The van der Waals surface area contributed by atoms with Crippen molar-refractivity contribution in [3.63, 3.8) is 0 Å². The van der Waals surface area contributed by atoms with Crippen molar-refractivity contribution in [2.75, 3.05) is 6.61 Å². The van der Waals surface area contributed by atoms with E-state index in [1.165, 1.54) is 11.3 Å². The highest BCUT2D eigenvalue weighted by molar-refractivity contribution is 7.13. The smallest absolute Gasteiger partial charge is 0.271 e. The quantitative estimate of drug-likeness (QED) is 0.930. The third-order valence-electron chi connectivity index (χ3n) is 3.50. The summed E-state index contributed by atoms with van der Waals surface area (Å²) in [5, 5.41) is 15.6. The van der Waals surface area contributed by atoms with Gasteiger partial charge in [-0.05, 0) is 44.1 Å². The van der Waals surface area contributed by atoms with Gasteiger partial charge in [0.25, 0.3) is 5.89 Å². The molecule has 0 atom stereocenters. The Labute approximate surface area is 115 Å². The van der Waals surface area contributed by atoms with Gasteiger partial charge in [-0.25, -0.2) is 0 Å². The van der Waals surface area contributed by atoms with Gasteiger partial charge in [-0.3, -0.25) is 0 Å². The molecule has 0 radical (unpaired) electrons. The maximum atomic E-state index is 9.70. The Kier molecular flexibility index (Phi) is 3.28. The normalized spacial score (nSPS) is 17.9. The Bertz CT molecular complexity index is 558. The molecule has 2 aromatic heterocycles. The van der Waals surface area contributed by atoms with Crippen LogP contribution in [0.2, 0.25) is 0 Å². The number of hydrogen-bond acceptors (Lipinski definition) is 6. The lowest BCUT2D eigenvalue weighted by molar-refractivity contribution is -0.0469. The molecular weight excluding hydrogens is 264 g/mol. The molecular formula is C13H16N2O3S. The number of aromatic nitrogens is 2. The SMILES string of the molecule is CCOC1(c2noc(-c3sccc3O)n2)CCCC1. The van der Waals surface area contributed by atoms with E-state index >= 15 is 0 Å². The van der Waals surface area contributed by atoms with Crippen molar-refractivity contribution in [3.8, 4) is 16.5 Å². The van der Waals surface area contributed by atoms with Crippen molar-refractivity contribution in [2.45, 2.75) is 38.2 Å². The molecule has 19 heavy (non-hydrogen) atoms. The summed E-state index contributed by atoms with van der Waals surface area (Å²) < 4.78 is 11.2. The molecule has 3 rings (SSSR count). The second kappa shape index (κ2) is 4.94. The van der Waals surface area contributed by atoms with Gasteiger partial charge in [-0.15, -0.1) is 11.3 Å². The van der Waals surface area contributed by atoms with Gasteiger partial charge in [0.1, 0.15) is 16.2 Å². The molecule has 6 heteroatoms. The van der Waals surface area contributed by atoms with Crippen LogP contribution in [-0.2, 0) is 10.3 Å². The minimum atomic E-state index is -0.399. The fourth-order valence-electron chi connectivity index (χ4n) is 2.62. The number of rotatable bonds is 4. The van der Waals surface area contributed by atoms with Crippen LogP contribution in [0.25, 0.3) is 10.8 Å². The average molecular weight is 280 g/mol. The van der Waals surface area contributed by atoms with Crippen molar-refractivity contribution in [1.29, 1.82) is 0 Å². The predicted molar refractivity (Wildman–Crippen MR) is 71.0 cm³/mol. The zero-order valence-electron chi connectivity index (χ0n) is 10.8. The third-order valence-corrected chi connectivity index (χ3v) is 4.40. The van der Waals surface area contributed by atoms with Crippen LogP contribution in [0.1, 0.15) is 38.4 Å². The lowest BCUT2D eigenvalue weighted by Crippen LogP contribution is -2.27. The van der Waals surface area contributed by atoms with Gasteiger partial charge in [-0.1, -0.05) is 5.16 Å². The highest BCUT2D eigenvalue weighted by Gasteiger charge is 2.41. The van der Waals surface area contributed by atoms with Crippen LogP contribution >= 0.6 is 11.3 Å². The van der Waals surface area contributed by atoms with Crippen LogP contribution < -0.4 is 0 Å². The second-order valence-electron chi connectivity index (χ2n) is 4.69. The Morgan fingerprint density at radius 1 is 1.47 bits per heavy atom. The molecule has 2 aromatic rings. The molecule has 1 fully saturated rings. The zero-order chi connectivity index (χ0) is 13.3. The zero-order valence-corrected chi connectivity index (χ0v) is 11.6. The summed E-state index contributed by atoms with van der Waals surface area (Å²) >= 11 is 1.38. The van der Waals surface area contributed by atoms with Gasteiger partial charge in [0, 0.05) is 6.61 Å². The van der Waals surface area contributed by atoms with E-state index in [0.29, 0.717) is 23.2 Å². The molecule has 1 N–H and O–H groups in total. The number of aromatic hydroxyl groups is 1. The van der Waals surface area contributed by atoms with Gasteiger partial charge < -0.3 is 14.4 Å². The van der Waals surface area contributed by atoms with Gasteiger partial charge in [0.2, 0.25) is 5.82 Å². The molecule has 0 spiro atoms. The topological polar surface area (TPSA) is 68.4 Å².